The molecule has 2 N–H and O–H groups in total. The number of nitrogens with one attached hydrogen (secondary N) is 1. The summed E-state index contributed by atoms with van der Waals surface area (Å²) in [4.78, 5) is 0. The maximum atomic E-state index is 9.43. The third-order valence-corrected chi connectivity index (χ3v) is 3.93. The fraction of sp³-hybridized carbons (Fsp3) is 1.00. The van der Waals surface area contributed by atoms with E-state index in [0.29, 0.717) is 18.6 Å². The summed E-state index contributed by atoms with van der Waals surface area (Å²) in [5.74, 6) is 0.716. The summed E-state index contributed by atoms with van der Waals surface area (Å²) >= 11 is 0. The summed E-state index contributed by atoms with van der Waals surface area (Å²) < 4.78 is 6.07. The van der Waals surface area contributed by atoms with E-state index in [-0.39, 0.29) is 12.1 Å². The van der Waals surface area contributed by atoms with Crippen LogP contribution in [0, 0.1) is 5.92 Å². The van der Waals surface area contributed by atoms with Gasteiger partial charge in [0.25, 0.3) is 0 Å². The van der Waals surface area contributed by atoms with Gasteiger partial charge in [0.05, 0.1) is 24.9 Å². The lowest BCUT2D eigenvalue weighted by atomic mass is 9.84. The van der Waals surface area contributed by atoms with Crippen LogP contribution in [0.3, 0.4) is 0 Å². The number of hydrogen-bond acceptors (Lipinski definition) is 3. The van der Waals surface area contributed by atoms with Crippen molar-refractivity contribution in [3.8, 4) is 0 Å². The maximum Gasteiger partial charge on any atom is 0.0672 e. The van der Waals surface area contributed by atoms with E-state index >= 15 is 0 Å². The van der Waals surface area contributed by atoms with Crippen LogP contribution in [0.1, 0.15) is 52.9 Å². The lowest BCUT2D eigenvalue weighted by Gasteiger charge is -2.35. The summed E-state index contributed by atoms with van der Waals surface area (Å²) in [7, 11) is 0. The fourth-order valence-corrected chi connectivity index (χ4v) is 2.73. The molecule has 0 aromatic carbocycles. The molecule has 0 saturated heterocycles. The number of hydrogen-bond donors (Lipinski definition) is 2. The largest absolute Gasteiger partial charge is 0.394 e. The van der Waals surface area contributed by atoms with Crippen molar-refractivity contribution in [2.45, 2.75) is 64.5 Å². The Morgan fingerprint density at radius 3 is 2.59 bits per heavy atom. The van der Waals surface area contributed by atoms with Crippen LogP contribution in [-0.4, -0.2) is 36.5 Å². The molecule has 1 aliphatic rings. The monoisotopic (exact) mass is 243 g/mol. The highest BCUT2D eigenvalue weighted by Crippen LogP contribution is 2.29. The van der Waals surface area contributed by atoms with Crippen molar-refractivity contribution in [2.24, 2.45) is 5.92 Å². The van der Waals surface area contributed by atoms with Crippen LogP contribution >= 0.6 is 0 Å². The van der Waals surface area contributed by atoms with Gasteiger partial charge in [-0.3, -0.25) is 0 Å². The first-order chi connectivity index (χ1) is 8.15. The zero-order valence-electron chi connectivity index (χ0n) is 11.7. The van der Waals surface area contributed by atoms with Crippen molar-refractivity contribution in [2.75, 3.05) is 19.8 Å². The second-order valence-corrected chi connectivity index (χ2v) is 5.55. The van der Waals surface area contributed by atoms with Gasteiger partial charge in [0.1, 0.15) is 0 Å². The fourth-order valence-electron chi connectivity index (χ4n) is 2.73. The van der Waals surface area contributed by atoms with Gasteiger partial charge < -0.3 is 15.2 Å². The predicted molar refractivity (Wildman–Crippen MR) is 71.2 cm³/mol. The summed E-state index contributed by atoms with van der Waals surface area (Å²) in [6.45, 7) is 7.94. The minimum absolute atomic E-state index is 0.129. The first-order valence-electron chi connectivity index (χ1n) is 7.12. The molecule has 0 radical (unpaired) electrons. The Hall–Kier alpha value is -0.120. The van der Waals surface area contributed by atoms with E-state index in [1.165, 1.54) is 32.1 Å². The van der Waals surface area contributed by atoms with Gasteiger partial charge in [0, 0.05) is 0 Å². The van der Waals surface area contributed by atoms with E-state index in [9.17, 15) is 5.11 Å². The molecule has 17 heavy (non-hydrogen) atoms. The SMILES string of the molecule is CCNC(C)(CO)COC1CCCCC1CC. The molecule has 0 aromatic heterocycles. The highest BCUT2D eigenvalue weighted by Gasteiger charge is 2.28. The number of ether oxygens (including phenoxy) is 1. The van der Waals surface area contributed by atoms with Crippen molar-refractivity contribution in [3.63, 3.8) is 0 Å². The maximum absolute atomic E-state index is 9.43. The Labute approximate surface area is 106 Å². The Morgan fingerprint density at radius 2 is 2.00 bits per heavy atom. The number of aliphatic hydroxyl groups is 1. The van der Waals surface area contributed by atoms with E-state index in [1.807, 2.05) is 6.92 Å². The van der Waals surface area contributed by atoms with Gasteiger partial charge in [0.15, 0.2) is 0 Å². The molecular formula is C14H29NO2. The highest BCUT2D eigenvalue weighted by molar-refractivity contribution is 4.83. The van der Waals surface area contributed by atoms with E-state index < -0.39 is 0 Å². The molecule has 1 saturated carbocycles. The molecule has 0 bridgehead atoms. The predicted octanol–water partition coefficient (Wildman–Crippen LogP) is 2.33. The molecule has 0 aliphatic heterocycles. The van der Waals surface area contributed by atoms with Crippen LogP contribution in [-0.2, 0) is 4.74 Å². The van der Waals surface area contributed by atoms with Gasteiger partial charge in [-0.2, -0.15) is 0 Å². The second kappa shape index (κ2) is 7.34. The number of aliphatic hydroxyl groups excluding tert-OH is 1. The van der Waals surface area contributed by atoms with Gasteiger partial charge in [-0.05, 0) is 32.2 Å². The summed E-state index contributed by atoms with van der Waals surface area (Å²) in [6, 6.07) is 0. The number of likely N-dealkylation sites (N-methyl/N-ethyl adjacent to an activating group) is 1. The Bertz CT molecular complexity index is 210. The van der Waals surface area contributed by atoms with Crippen molar-refractivity contribution < 1.29 is 9.84 Å². The van der Waals surface area contributed by atoms with Crippen molar-refractivity contribution in [1.29, 1.82) is 0 Å². The summed E-state index contributed by atoms with van der Waals surface area (Å²) in [5, 5.41) is 12.7. The molecule has 0 heterocycles. The molecule has 0 amide bonds. The standard InChI is InChI=1S/C14H29NO2/c1-4-12-8-6-7-9-13(12)17-11-14(3,10-16)15-5-2/h12-13,15-16H,4-11H2,1-3H3. The minimum atomic E-state index is -0.287. The Morgan fingerprint density at radius 1 is 1.29 bits per heavy atom. The minimum Gasteiger partial charge on any atom is -0.394 e. The molecule has 0 aromatic rings. The first-order valence-corrected chi connectivity index (χ1v) is 7.12. The van der Waals surface area contributed by atoms with Crippen LogP contribution in [0.4, 0.5) is 0 Å². The van der Waals surface area contributed by atoms with Gasteiger partial charge >= 0.3 is 0 Å². The molecule has 3 nitrogen and oxygen atoms in total. The molecule has 1 rings (SSSR count). The normalized spacial score (nSPS) is 28.9. The topological polar surface area (TPSA) is 41.5 Å². The average Bonchev–Trinajstić information content (AvgIpc) is 2.37. The van der Waals surface area contributed by atoms with Crippen LogP contribution < -0.4 is 5.32 Å². The Balaban J connectivity index is 2.41. The highest BCUT2D eigenvalue weighted by atomic mass is 16.5. The molecular weight excluding hydrogens is 214 g/mol. The summed E-state index contributed by atoms with van der Waals surface area (Å²) in [5.41, 5.74) is -0.287. The lowest BCUT2D eigenvalue weighted by molar-refractivity contribution is -0.0468. The first kappa shape index (κ1) is 14.9. The van der Waals surface area contributed by atoms with Crippen LogP contribution in [0.5, 0.6) is 0 Å². The van der Waals surface area contributed by atoms with Crippen LogP contribution in [0.15, 0.2) is 0 Å². The molecule has 3 heteroatoms. The number of rotatable bonds is 7. The summed E-state index contributed by atoms with van der Waals surface area (Å²) in [6.07, 6.45) is 6.74. The van der Waals surface area contributed by atoms with Crippen molar-refractivity contribution in [1.82, 2.24) is 5.32 Å². The Kier molecular flexibility index (Phi) is 6.45. The van der Waals surface area contributed by atoms with E-state index in [0.717, 1.165) is 6.54 Å². The van der Waals surface area contributed by atoms with E-state index in [1.54, 1.807) is 0 Å². The molecule has 1 fully saturated rings. The van der Waals surface area contributed by atoms with E-state index in [2.05, 4.69) is 19.2 Å². The molecule has 3 atom stereocenters. The smallest absolute Gasteiger partial charge is 0.0672 e. The van der Waals surface area contributed by atoms with Gasteiger partial charge in [-0.15, -0.1) is 0 Å². The molecule has 102 valence electrons. The van der Waals surface area contributed by atoms with Gasteiger partial charge in [-0.25, -0.2) is 0 Å². The van der Waals surface area contributed by atoms with Crippen LogP contribution in [0.2, 0.25) is 0 Å². The zero-order chi connectivity index (χ0) is 12.7. The quantitative estimate of drug-likeness (QED) is 0.721. The van der Waals surface area contributed by atoms with Crippen molar-refractivity contribution >= 4 is 0 Å². The molecule has 0 spiro atoms. The zero-order valence-corrected chi connectivity index (χ0v) is 11.7. The lowest BCUT2D eigenvalue weighted by Crippen LogP contribution is -2.50. The van der Waals surface area contributed by atoms with Crippen molar-refractivity contribution in [3.05, 3.63) is 0 Å². The molecule has 1 aliphatic carbocycles. The second-order valence-electron chi connectivity index (χ2n) is 5.55. The van der Waals surface area contributed by atoms with Gasteiger partial charge in [0.2, 0.25) is 0 Å². The molecule has 3 unspecified atom stereocenters. The van der Waals surface area contributed by atoms with E-state index in [4.69, 9.17) is 4.74 Å². The average molecular weight is 243 g/mol. The van der Waals surface area contributed by atoms with Crippen LogP contribution in [0.25, 0.3) is 0 Å². The van der Waals surface area contributed by atoms with Gasteiger partial charge in [-0.1, -0.05) is 33.1 Å². The third-order valence-electron chi connectivity index (χ3n) is 3.93. The third kappa shape index (κ3) is 4.57.